The molecule has 0 radical (unpaired) electrons. The first-order valence-electron chi connectivity index (χ1n) is 8.15. The van der Waals surface area contributed by atoms with E-state index in [4.69, 9.17) is 4.74 Å². The molecule has 0 spiro atoms. The van der Waals surface area contributed by atoms with Gasteiger partial charge in [-0.05, 0) is 13.8 Å². The van der Waals surface area contributed by atoms with E-state index in [1.54, 1.807) is 29.0 Å². The number of aryl methyl sites for hydroxylation is 1. The average molecular weight is 346 g/mol. The van der Waals surface area contributed by atoms with Crippen LogP contribution >= 0.6 is 0 Å². The standard InChI is InChI=1S/C16H22N6O3/c1-11-6-21(7-12(2)25-11)15(23)9-22-8-13(4-18-22)19-16(24)14-5-17-10-20(14)3/h4-5,8,10-12H,6-7,9H2,1-3H3,(H,19,24). The Bertz CT molecular complexity index is 758. The van der Waals surface area contributed by atoms with Crippen LogP contribution in [0.3, 0.4) is 0 Å². The van der Waals surface area contributed by atoms with Gasteiger partial charge in [-0.15, -0.1) is 0 Å². The fourth-order valence-electron chi connectivity index (χ4n) is 2.91. The Morgan fingerprint density at radius 3 is 2.64 bits per heavy atom. The van der Waals surface area contributed by atoms with Crippen molar-refractivity contribution >= 4 is 17.5 Å². The molecule has 2 amide bonds. The summed E-state index contributed by atoms with van der Waals surface area (Å²) in [5, 5.41) is 6.89. The maximum Gasteiger partial charge on any atom is 0.274 e. The number of anilines is 1. The van der Waals surface area contributed by atoms with E-state index in [1.165, 1.54) is 17.1 Å². The number of amides is 2. The monoisotopic (exact) mass is 346 g/mol. The molecule has 1 fully saturated rings. The molecule has 3 heterocycles. The van der Waals surface area contributed by atoms with E-state index in [9.17, 15) is 9.59 Å². The summed E-state index contributed by atoms with van der Waals surface area (Å²) in [4.78, 5) is 30.3. The van der Waals surface area contributed by atoms with Crippen LogP contribution < -0.4 is 5.32 Å². The Kier molecular flexibility index (Phi) is 4.84. The molecule has 2 aromatic rings. The van der Waals surface area contributed by atoms with Gasteiger partial charge in [0.1, 0.15) is 12.2 Å². The lowest BCUT2D eigenvalue weighted by molar-refractivity contribution is -0.144. The minimum absolute atomic E-state index is 0.0189. The third-order valence-corrected chi connectivity index (χ3v) is 4.01. The van der Waals surface area contributed by atoms with Crippen LogP contribution in [0.15, 0.2) is 24.9 Å². The van der Waals surface area contributed by atoms with Crippen LogP contribution in [0.4, 0.5) is 5.69 Å². The summed E-state index contributed by atoms with van der Waals surface area (Å²) < 4.78 is 8.79. The van der Waals surface area contributed by atoms with Gasteiger partial charge in [-0.25, -0.2) is 4.98 Å². The highest BCUT2D eigenvalue weighted by Gasteiger charge is 2.26. The zero-order chi connectivity index (χ0) is 18.0. The van der Waals surface area contributed by atoms with E-state index in [2.05, 4.69) is 15.4 Å². The van der Waals surface area contributed by atoms with E-state index in [0.29, 0.717) is 24.5 Å². The highest BCUT2D eigenvalue weighted by Crippen LogP contribution is 2.12. The molecule has 9 nitrogen and oxygen atoms in total. The van der Waals surface area contributed by atoms with E-state index in [-0.39, 0.29) is 30.6 Å². The SMILES string of the molecule is CC1CN(C(=O)Cn2cc(NC(=O)c3cncn3C)cn2)CC(C)O1. The summed E-state index contributed by atoms with van der Waals surface area (Å²) in [6.45, 7) is 5.19. The highest BCUT2D eigenvalue weighted by atomic mass is 16.5. The van der Waals surface area contributed by atoms with Crippen molar-refractivity contribution in [2.45, 2.75) is 32.6 Å². The second-order valence-electron chi connectivity index (χ2n) is 6.33. The summed E-state index contributed by atoms with van der Waals surface area (Å²) in [5.41, 5.74) is 0.975. The first-order valence-corrected chi connectivity index (χ1v) is 8.15. The molecule has 2 unspecified atom stereocenters. The molecule has 1 saturated heterocycles. The van der Waals surface area contributed by atoms with E-state index in [0.717, 1.165) is 0 Å². The first-order chi connectivity index (χ1) is 11.9. The number of nitrogens with one attached hydrogen (secondary N) is 1. The molecule has 134 valence electrons. The van der Waals surface area contributed by atoms with E-state index >= 15 is 0 Å². The third kappa shape index (κ3) is 4.05. The molecule has 3 rings (SSSR count). The Morgan fingerprint density at radius 2 is 2.00 bits per heavy atom. The number of ether oxygens (including phenoxy) is 1. The largest absolute Gasteiger partial charge is 0.372 e. The minimum Gasteiger partial charge on any atom is -0.372 e. The smallest absolute Gasteiger partial charge is 0.274 e. The van der Waals surface area contributed by atoms with Crippen LogP contribution in [0.1, 0.15) is 24.3 Å². The summed E-state index contributed by atoms with van der Waals surface area (Å²) in [6.07, 6.45) is 6.26. The van der Waals surface area contributed by atoms with Crippen LogP contribution in [0.5, 0.6) is 0 Å². The maximum absolute atomic E-state index is 12.4. The van der Waals surface area contributed by atoms with Gasteiger partial charge >= 0.3 is 0 Å². The second kappa shape index (κ2) is 7.06. The minimum atomic E-state index is -0.276. The molecule has 1 aliphatic rings. The van der Waals surface area contributed by atoms with Crippen molar-refractivity contribution in [1.29, 1.82) is 0 Å². The van der Waals surface area contributed by atoms with Gasteiger partial charge in [0.15, 0.2) is 0 Å². The molecule has 0 bridgehead atoms. The number of carbonyl (C=O) groups is 2. The molecular formula is C16H22N6O3. The third-order valence-electron chi connectivity index (χ3n) is 4.01. The van der Waals surface area contributed by atoms with E-state index in [1.807, 2.05) is 13.8 Å². The topological polar surface area (TPSA) is 94.3 Å². The normalized spacial score (nSPS) is 20.5. The van der Waals surface area contributed by atoms with Crippen molar-refractivity contribution < 1.29 is 14.3 Å². The summed E-state index contributed by atoms with van der Waals surface area (Å²) in [6, 6.07) is 0. The lowest BCUT2D eigenvalue weighted by Crippen LogP contribution is -2.49. The summed E-state index contributed by atoms with van der Waals surface area (Å²) in [5.74, 6) is -0.295. The Labute approximate surface area is 145 Å². The Hall–Kier alpha value is -2.68. The quantitative estimate of drug-likeness (QED) is 0.870. The van der Waals surface area contributed by atoms with Crippen molar-refractivity contribution in [2.24, 2.45) is 7.05 Å². The molecule has 9 heteroatoms. The number of imidazole rings is 1. The molecule has 2 aromatic heterocycles. The lowest BCUT2D eigenvalue weighted by atomic mass is 10.2. The van der Waals surface area contributed by atoms with Crippen LogP contribution in [0.25, 0.3) is 0 Å². The Morgan fingerprint density at radius 1 is 1.28 bits per heavy atom. The number of rotatable bonds is 4. The lowest BCUT2D eigenvalue weighted by Gasteiger charge is -2.35. The molecule has 25 heavy (non-hydrogen) atoms. The van der Waals surface area contributed by atoms with Gasteiger partial charge < -0.3 is 19.5 Å². The number of hydrogen-bond acceptors (Lipinski definition) is 5. The first kappa shape index (κ1) is 17.2. The second-order valence-corrected chi connectivity index (χ2v) is 6.33. The van der Waals surface area contributed by atoms with Crippen LogP contribution in [0, 0.1) is 0 Å². The van der Waals surface area contributed by atoms with Crippen molar-refractivity contribution in [3.05, 3.63) is 30.6 Å². The van der Waals surface area contributed by atoms with Gasteiger partial charge in [0.25, 0.3) is 5.91 Å². The number of morpholine rings is 1. The average Bonchev–Trinajstić information content (AvgIpc) is 3.15. The van der Waals surface area contributed by atoms with Crippen molar-refractivity contribution in [3.8, 4) is 0 Å². The van der Waals surface area contributed by atoms with Gasteiger partial charge in [-0.2, -0.15) is 5.10 Å². The number of nitrogens with zero attached hydrogens (tertiary/aromatic N) is 5. The number of carbonyl (C=O) groups excluding carboxylic acids is 2. The fraction of sp³-hybridized carbons (Fsp3) is 0.500. The molecule has 0 saturated carbocycles. The van der Waals surface area contributed by atoms with Crippen LogP contribution in [0.2, 0.25) is 0 Å². The van der Waals surface area contributed by atoms with Gasteiger partial charge in [0.05, 0.1) is 36.6 Å². The number of aromatic nitrogens is 4. The van der Waals surface area contributed by atoms with Crippen molar-refractivity contribution in [1.82, 2.24) is 24.2 Å². The van der Waals surface area contributed by atoms with Crippen molar-refractivity contribution in [3.63, 3.8) is 0 Å². The summed E-state index contributed by atoms with van der Waals surface area (Å²) >= 11 is 0. The summed E-state index contributed by atoms with van der Waals surface area (Å²) in [7, 11) is 1.74. The number of hydrogen-bond donors (Lipinski definition) is 1. The molecule has 0 aliphatic carbocycles. The van der Waals surface area contributed by atoms with Crippen LogP contribution in [-0.2, 0) is 23.1 Å². The van der Waals surface area contributed by atoms with Gasteiger partial charge in [0.2, 0.25) is 5.91 Å². The molecular weight excluding hydrogens is 324 g/mol. The zero-order valence-electron chi connectivity index (χ0n) is 14.5. The molecule has 0 aromatic carbocycles. The molecule has 1 N–H and O–H groups in total. The van der Waals surface area contributed by atoms with E-state index < -0.39 is 0 Å². The Balaban J connectivity index is 1.59. The van der Waals surface area contributed by atoms with Crippen molar-refractivity contribution in [2.75, 3.05) is 18.4 Å². The maximum atomic E-state index is 12.4. The molecule has 2 atom stereocenters. The predicted octanol–water partition coefficient (Wildman–Crippen LogP) is 0.505. The fourth-order valence-corrected chi connectivity index (χ4v) is 2.91. The van der Waals surface area contributed by atoms with Gasteiger partial charge in [-0.3, -0.25) is 14.3 Å². The highest BCUT2D eigenvalue weighted by molar-refractivity contribution is 6.02. The van der Waals surface area contributed by atoms with Gasteiger partial charge in [-0.1, -0.05) is 0 Å². The zero-order valence-corrected chi connectivity index (χ0v) is 14.5. The molecule has 1 aliphatic heterocycles. The van der Waals surface area contributed by atoms with Gasteiger partial charge in [0, 0.05) is 26.3 Å². The predicted molar refractivity (Wildman–Crippen MR) is 90.0 cm³/mol. The van der Waals surface area contributed by atoms with Crippen LogP contribution in [-0.4, -0.2) is 61.3 Å².